The highest BCUT2D eigenvalue weighted by molar-refractivity contribution is 4.68. The van der Waals surface area contributed by atoms with Crippen molar-refractivity contribution in [1.29, 1.82) is 0 Å². The average molecular weight is 201 g/mol. The fourth-order valence-corrected chi connectivity index (χ4v) is 1.57. The molecule has 3 nitrogen and oxygen atoms in total. The highest BCUT2D eigenvalue weighted by Crippen LogP contribution is 2.04. The summed E-state index contributed by atoms with van der Waals surface area (Å²) in [6.07, 6.45) is 2.31. The van der Waals surface area contributed by atoms with E-state index in [-0.39, 0.29) is 0 Å². The first kappa shape index (κ1) is 13.9. The van der Waals surface area contributed by atoms with Crippen LogP contribution in [-0.4, -0.2) is 56.1 Å². The Labute approximate surface area is 89.2 Å². The molecule has 0 fully saturated rings. The molecule has 0 amide bonds. The van der Waals surface area contributed by atoms with Crippen molar-refractivity contribution in [3.8, 4) is 0 Å². The lowest BCUT2D eigenvalue weighted by Gasteiger charge is -2.26. The first-order chi connectivity index (χ1) is 6.43. The molecule has 0 aromatic carbocycles. The summed E-state index contributed by atoms with van der Waals surface area (Å²) in [5.74, 6) is 0. The minimum absolute atomic E-state index is 0.307. The predicted molar refractivity (Wildman–Crippen MR) is 63.5 cm³/mol. The van der Waals surface area contributed by atoms with E-state index < -0.39 is 0 Å². The van der Waals surface area contributed by atoms with Gasteiger partial charge >= 0.3 is 0 Å². The zero-order valence-corrected chi connectivity index (χ0v) is 10.5. The molecule has 0 aromatic heterocycles. The number of hydrogen-bond acceptors (Lipinski definition) is 3. The molecule has 0 aromatic rings. The second kappa shape index (κ2) is 7.21. The zero-order valence-electron chi connectivity index (χ0n) is 10.5. The maximum absolute atomic E-state index is 5.77. The van der Waals surface area contributed by atoms with Gasteiger partial charge in [0.1, 0.15) is 0 Å². The Morgan fingerprint density at radius 1 is 1.07 bits per heavy atom. The summed E-state index contributed by atoms with van der Waals surface area (Å²) in [5.41, 5.74) is 5.77. The summed E-state index contributed by atoms with van der Waals surface area (Å²) in [7, 11) is 6.42. The van der Waals surface area contributed by atoms with Crippen molar-refractivity contribution in [2.24, 2.45) is 5.73 Å². The van der Waals surface area contributed by atoms with E-state index in [0.29, 0.717) is 12.1 Å². The Hall–Kier alpha value is -0.120. The summed E-state index contributed by atoms with van der Waals surface area (Å²) < 4.78 is 0. The maximum atomic E-state index is 5.77. The van der Waals surface area contributed by atoms with Crippen molar-refractivity contribution in [2.75, 3.05) is 34.2 Å². The number of nitrogens with two attached hydrogens (primary N) is 1. The van der Waals surface area contributed by atoms with Crippen molar-refractivity contribution in [1.82, 2.24) is 9.80 Å². The van der Waals surface area contributed by atoms with Gasteiger partial charge in [-0.2, -0.15) is 0 Å². The third-order valence-corrected chi connectivity index (χ3v) is 2.58. The third-order valence-electron chi connectivity index (χ3n) is 2.58. The fraction of sp³-hybridized carbons (Fsp3) is 1.00. The van der Waals surface area contributed by atoms with Crippen LogP contribution in [0.25, 0.3) is 0 Å². The van der Waals surface area contributed by atoms with Crippen LogP contribution in [0.3, 0.4) is 0 Å². The van der Waals surface area contributed by atoms with Crippen LogP contribution in [0.5, 0.6) is 0 Å². The fourth-order valence-electron chi connectivity index (χ4n) is 1.57. The van der Waals surface area contributed by atoms with Crippen molar-refractivity contribution < 1.29 is 0 Å². The van der Waals surface area contributed by atoms with Gasteiger partial charge in [-0.3, -0.25) is 0 Å². The van der Waals surface area contributed by atoms with Crippen molar-refractivity contribution in [3.63, 3.8) is 0 Å². The number of nitrogens with zero attached hydrogens (tertiary/aromatic N) is 2. The molecule has 0 spiro atoms. The van der Waals surface area contributed by atoms with E-state index in [1.165, 1.54) is 6.42 Å². The molecule has 2 atom stereocenters. The van der Waals surface area contributed by atoms with Gasteiger partial charge in [0.25, 0.3) is 0 Å². The van der Waals surface area contributed by atoms with Crippen LogP contribution in [0.2, 0.25) is 0 Å². The molecule has 0 heterocycles. The summed E-state index contributed by atoms with van der Waals surface area (Å²) >= 11 is 0. The van der Waals surface area contributed by atoms with Gasteiger partial charge in [-0.1, -0.05) is 0 Å². The molecule has 86 valence electrons. The molecule has 3 heteroatoms. The highest BCUT2D eigenvalue weighted by atomic mass is 15.1. The van der Waals surface area contributed by atoms with E-state index in [9.17, 15) is 0 Å². The standard InChI is InChI=1S/C11H27N3/c1-10(12)9-11(2)14(5)8-6-7-13(3)4/h10-11H,6-9,12H2,1-5H3. The normalized spacial score (nSPS) is 16.3. The van der Waals surface area contributed by atoms with E-state index in [4.69, 9.17) is 5.73 Å². The SMILES string of the molecule is CC(N)CC(C)N(C)CCCN(C)C. The molecule has 0 rings (SSSR count). The lowest BCUT2D eigenvalue weighted by molar-refractivity contribution is 0.225. The molecular formula is C11H27N3. The van der Waals surface area contributed by atoms with E-state index in [1.54, 1.807) is 0 Å². The van der Waals surface area contributed by atoms with E-state index in [0.717, 1.165) is 19.5 Å². The van der Waals surface area contributed by atoms with Crippen LogP contribution in [0.15, 0.2) is 0 Å². The zero-order chi connectivity index (χ0) is 11.1. The average Bonchev–Trinajstić information content (AvgIpc) is 2.01. The Morgan fingerprint density at radius 3 is 2.07 bits per heavy atom. The predicted octanol–water partition coefficient (Wildman–Crippen LogP) is 0.996. The van der Waals surface area contributed by atoms with Crippen LogP contribution >= 0.6 is 0 Å². The van der Waals surface area contributed by atoms with Gasteiger partial charge in [-0.15, -0.1) is 0 Å². The molecule has 0 bridgehead atoms. The lowest BCUT2D eigenvalue weighted by atomic mass is 10.1. The smallest absolute Gasteiger partial charge is 0.00785 e. The minimum atomic E-state index is 0.307. The van der Waals surface area contributed by atoms with Gasteiger partial charge < -0.3 is 15.5 Å². The summed E-state index contributed by atoms with van der Waals surface area (Å²) in [5, 5.41) is 0. The Balaban J connectivity index is 3.56. The number of hydrogen-bond donors (Lipinski definition) is 1. The van der Waals surface area contributed by atoms with Crippen molar-refractivity contribution in [2.45, 2.75) is 38.8 Å². The molecule has 0 saturated carbocycles. The first-order valence-corrected chi connectivity index (χ1v) is 5.54. The van der Waals surface area contributed by atoms with Gasteiger partial charge in [0.15, 0.2) is 0 Å². The van der Waals surface area contributed by atoms with Gasteiger partial charge in [-0.05, 0) is 60.9 Å². The van der Waals surface area contributed by atoms with Gasteiger partial charge in [0.2, 0.25) is 0 Å². The molecule has 0 radical (unpaired) electrons. The molecule has 0 saturated heterocycles. The van der Waals surface area contributed by atoms with Gasteiger partial charge in [0, 0.05) is 12.1 Å². The second-order valence-corrected chi connectivity index (χ2v) is 4.70. The first-order valence-electron chi connectivity index (χ1n) is 5.54. The highest BCUT2D eigenvalue weighted by Gasteiger charge is 2.10. The Kier molecular flexibility index (Phi) is 7.15. The van der Waals surface area contributed by atoms with Crippen molar-refractivity contribution in [3.05, 3.63) is 0 Å². The van der Waals surface area contributed by atoms with Crippen LogP contribution in [0.4, 0.5) is 0 Å². The van der Waals surface area contributed by atoms with Crippen LogP contribution in [0, 0.1) is 0 Å². The van der Waals surface area contributed by atoms with E-state index in [1.807, 2.05) is 0 Å². The largest absolute Gasteiger partial charge is 0.328 e. The van der Waals surface area contributed by atoms with E-state index in [2.05, 4.69) is 44.8 Å². The quantitative estimate of drug-likeness (QED) is 0.667. The molecular weight excluding hydrogens is 174 g/mol. The van der Waals surface area contributed by atoms with Crippen LogP contribution in [0.1, 0.15) is 26.7 Å². The molecule has 0 aliphatic carbocycles. The maximum Gasteiger partial charge on any atom is 0.00785 e. The molecule has 2 N–H and O–H groups in total. The third kappa shape index (κ3) is 7.30. The Bertz CT molecular complexity index is 134. The monoisotopic (exact) mass is 201 g/mol. The summed E-state index contributed by atoms with van der Waals surface area (Å²) in [6.45, 7) is 6.64. The summed E-state index contributed by atoms with van der Waals surface area (Å²) in [6, 6.07) is 0.901. The molecule has 0 aliphatic rings. The van der Waals surface area contributed by atoms with Gasteiger partial charge in [0.05, 0.1) is 0 Å². The molecule has 2 unspecified atom stereocenters. The van der Waals surface area contributed by atoms with E-state index >= 15 is 0 Å². The van der Waals surface area contributed by atoms with Gasteiger partial charge in [-0.25, -0.2) is 0 Å². The summed E-state index contributed by atoms with van der Waals surface area (Å²) in [4.78, 5) is 4.62. The molecule has 0 aliphatic heterocycles. The lowest BCUT2D eigenvalue weighted by Crippen LogP contribution is -2.35. The van der Waals surface area contributed by atoms with Crippen LogP contribution < -0.4 is 5.73 Å². The van der Waals surface area contributed by atoms with Crippen LogP contribution in [-0.2, 0) is 0 Å². The minimum Gasteiger partial charge on any atom is -0.328 e. The second-order valence-electron chi connectivity index (χ2n) is 4.70. The topological polar surface area (TPSA) is 32.5 Å². The van der Waals surface area contributed by atoms with Crippen molar-refractivity contribution >= 4 is 0 Å². The number of rotatable bonds is 7. The molecule has 14 heavy (non-hydrogen) atoms. The Morgan fingerprint density at radius 2 is 1.64 bits per heavy atom.